The molecule has 0 aliphatic carbocycles. The Hall–Kier alpha value is -1.38. The molecule has 0 heterocycles. The zero-order chi connectivity index (χ0) is 11.4. The van der Waals surface area contributed by atoms with E-state index in [1.165, 1.54) is 19.2 Å². The van der Waals surface area contributed by atoms with E-state index >= 15 is 0 Å². The summed E-state index contributed by atoms with van der Waals surface area (Å²) in [5.74, 6) is -0.338. The highest BCUT2D eigenvalue weighted by Crippen LogP contribution is 2.21. The molecule has 1 aromatic rings. The lowest BCUT2D eigenvalue weighted by molar-refractivity contribution is 0.0962. The van der Waals surface area contributed by atoms with E-state index in [9.17, 15) is 9.18 Å². The fraction of sp³-hybridized carbons (Fsp3) is 0.417. The molecule has 0 saturated heterocycles. The molecule has 2 nitrogen and oxygen atoms in total. The van der Waals surface area contributed by atoms with Crippen molar-refractivity contribution in [2.75, 3.05) is 7.05 Å². The van der Waals surface area contributed by atoms with E-state index < -0.39 is 0 Å². The van der Waals surface area contributed by atoms with Crippen molar-refractivity contribution >= 4 is 5.91 Å². The van der Waals surface area contributed by atoms with Crippen LogP contribution >= 0.6 is 0 Å². The zero-order valence-electron chi connectivity index (χ0n) is 9.30. The second kappa shape index (κ2) is 4.91. The standard InChI is InChI=1S/C12H16FNO/c1-4-8(2)9-5-10(12(15)14-3)7-11(13)6-9/h5-8H,4H2,1-3H3,(H,14,15). The smallest absolute Gasteiger partial charge is 0.251 e. The molecule has 1 unspecified atom stereocenters. The summed E-state index contributed by atoms with van der Waals surface area (Å²) >= 11 is 0. The number of benzene rings is 1. The van der Waals surface area contributed by atoms with Crippen LogP contribution in [-0.2, 0) is 0 Å². The van der Waals surface area contributed by atoms with Gasteiger partial charge in [-0.05, 0) is 36.1 Å². The minimum Gasteiger partial charge on any atom is -0.355 e. The molecular formula is C12H16FNO. The van der Waals surface area contributed by atoms with Crippen molar-refractivity contribution in [2.24, 2.45) is 0 Å². The molecule has 0 radical (unpaired) electrons. The Morgan fingerprint density at radius 1 is 1.47 bits per heavy atom. The van der Waals surface area contributed by atoms with Gasteiger partial charge in [0.1, 0.15) is 5.82 Å². The van der Waals surface area contributed by atoms with E-state index in [-0.39, 0.29) is 17.6 Å². The summed E-state index contributed by atoms with van der Waals surface area (Å²) in [6.45, 7) is 4.05. The molecule has 0 aromatic heterocycles. The summed E-state index contributed by atoms with van der Waals surface area (Å²) in [7, 11) is 1.54. The maximum Gasteiger partial charge on any atom is 0.251 e. The maximum absolute atomic E-state index is 13.2. The number of hydrogen-bond acceptors (Lipinski definition) is 1. The average molecular weight is 209 g/mol. The van der Waals surface area contributed by atoms with Crippen molar-refractivity contribution in [3.63, 3.8) is 0 Å². The molecule has 15 heavy (non-hydrogen) atoms. The first-order valence-corrected chi connectivity index (χ1v) is 5.11. The van der Waals surface area contributed by atoms with Gasteiger partial charge in [0.15, 0.2) is 0 Å². The molecule has 1 rings (SSSR count). The Morgan fingerprint density at radius 2 is 2.13 bits per heavy atom. The fourth-order valence-electron chi connectivity index (χ4n) is 1.41. The molecular weight excluding hydrogens is 193 g/mol. The third-order valence-electron chi connectivity index (χ3n) is 2.59. The van der Waals surface area contributed by atoms with Gasteiger partial charge in [0.05, 0.1) is 0 Å². The van der Waals surface area contributed by atoms with Gasteiger partial charge < -0.3 is 5.32 Å². The first kappa shape index (κ1) is 11.7. The van der Waals surface area contributed by atoms with Crippen LogP contribution < -0.4 is 5.32 Å². The molecule has 0 bridgehead atoms. The van der Waals surface area contributed by atoms with E-state index in [0.29, 0.717) is 5.56 Å². The first-order valence-electron chi connectivity index (χ1n) is 5.11. The molecule has 1 N–H and O–H groups in total. The largest absolute Gasteiger partial charge is 0.355 e. The van der Waals surface area contributed by atoms with Crippen LogP contribution in [0.25, 0.3) is 0 Å². The van der Waals surface area contributed by atoms with Crippen LogP contribution in [0, 0.1) is 5.82 Å². The van der Waals surface area contributed by atoms with E-state index in [4.69, 9.17) is 0 Å². The van der Waals surface area contributed by atoms with Crippen LogP contribution in [0.1, 0.15) is 42.1 Å². The van der Waals surface area contributed by atoms with Crippen LogP contribution in [0.3, 0.4) is 0 Å². The number of hydrogen-bond donors (Lipinski definition) is 1. The van der Waals surface area contributed by atoms with Gasteiger partial charge in [-0.25, -0.2) is 4.39 Å². The molecule has 0 aliphatic heterocycles. The second-order valence-electron chi connectivity index (χ2n) is 3.66. The lowest BCUT2D eigenvalue weighted by Gasteiger charge is -2.10. The summed E-state index contributed by atoms with van der Waals surface area (Å²) in [6, 6.07) is 4.49. The fourth-order valence-corrected chi connectivity index (χ4v) is 1.41. The van der Waals surface area contributed by atoms with Crippen molar-refractivity contribution in [1.29, 1.82) is 0 Å². The van der Waals surface area contributed by atoms with E-state index in [2.05, 4.69) is 5.32 Å². The Kier molecular flexibility index (Phi) is 3.83. The van der Waals surface area contributed by atoms with Gasteiger partial charge in [-0.2, -0.15) is 0 Å². The first-order chi connectivity index (χ1) is 7.08. The lowest BCUT2D eigenvalue weighted by atomic mass is 9.96. The van der Waals surface area contributed by atoms with Gasteiger partial charge in [-0.3, -0.25) is 4.79 Å². The monoisotopic (exact) mass is 209 g/mol. The minimum atomic E-state index is -0.355. The van der Waals surface area contributed by atoms with Crippen molar-refractivity contribution in [1.82, 2.24) is 5.32 Å². The third-order valence-corrected chi connectivity index (χ3v) is 2.59. The number of rotatable bonds is 3. The molecule has 82 valence electrons. The number of carbonyl (C=O) groups is 1. The van der Waals surface area contributed by atoms with Gasteiger partial charge in [0.2, 0.25) is 0 Å². The van der Waals surface area contributed by atoms with Gasteiger partial charge in [-0.15, -0.1) is 0 Å². The van der Waals surface area contributed by atoms with E-state index in [1.807, 2.05) is 13.8 Å². The number of carbonyl (C=O) groups excluding carboxylic acids is 1. The molecule has 1 atom stereocenters. The number of nitrogens with one attached hydrogen (secondary N) is 1. The van der Waals surface area contributed by atoms with Gasteiger partial charge in [0.25, 0.3) is 5.91 Å². The van der Waals surface area contributed by atoms with E-state index in [1.54, 1.807) is 6.07 Å². The van der Waals surface area contributed by atoms with Gasteiger partial charge >= 0.3 is 0 Å². The minimum absolute atomic E-state index is 0.251. The topological polar surface area (TPSA) is 29.1 Å². The Balaban J connectivity index is 3.10. The van der Waals surface area contributed by atoms with Crippen molar-refractivity contribution in [2.45, 2.75) is 26.2 Å². The van der Waals surface area contributed by atoms with Crippen LogP contribution in [0.5, 0.6) is 0 Å². The van der Waals surface area contributed by atoms with Crippen LogP contribution in [0.15, 0.2) is 18.2 Å². The number of halogens is 1. The Labute approximate surface area is 89.5 Å². The van der Waals surface area contributed by atoms with Gasteiger partial charge in [-0.1, -0.05) is 13.8 Å². The predicted octanol–water partition coefficient (Wildman–Crippen LogP) is 2.70. The zero-order valence-corrected chi connectivity index (χ0v) is 9.30. The lowest BCUT2D eigenvalue weighted by Crippen LogP contribution is -2.18. The summed E-state index contributed by atoms with van der Waals surface area (Å²) < 4.78 is 13.2. The predicted molar refractivity (Wildman–Crippen MR) is 58.5 cm³/mol. The van der Waals surface area contributed by atoms with Crippen molar-refractivity contribution in [3.05, 3.63) is 35.1 Å². The molecule has 1 amide bonds. The van der Waals surface area contributed by atoms with Gasteiger partial charge in [0, 0.05) is 12.6 Å². The highest BCUT2D eigenvalue weighted by Gasteiger charge is 2.10. The molecule has 1 aromatic carbocycles. The SMILES string of the molecule is CCC(C)c1cc(F)cc(C(=O)NC)c1. The van der Waals surface area contributed by atoms with E-state index in [0.717, 1.165) is 12.0 Å². The molecule has 0 aliphatic rings. The quantitative estimate of drug-likeness (QED) is 0.814. The Bertz CT molecular complexity index is 363. The summed E-state index contributed by atoms with van der Waals surface area (Å²) in [5.41, 5.74) is 1.25. The van der Waals surface area contributed by atoms with Crippen LogP contribution in [0.4, 0.5) is 4.39 Å². The van der Waals surface area contributed by atoms with Crippen molar-refractivity contribution < 1.29 is 9.18 Å². The number of amides is 1. The average Bonchev–Trinajstić information content (AvgIpc) is 2.26. The summed E-state index contributed by atoms with van der Waals surface area (Å²) in [6.07, 6.45) is 0.927. The maximum atomic E-state index is 13.2. The molecule has 0 saturated carbocycles. The third kappa shape index (κ3) is 2.78. The normalized spacial score (nSPS) is 12.3. The van der Waals surface area contributed by atoms with Crippen LogP contribution in [-0.4, -0.2) is 13.0 Å². The molecule has 3 heteroatoms. The van der Waals surface area contributed by atoms with Crippen LogP contribution in [0.2, 0.25) is 0 Å². The van der Waals surface area contributed by atoms with Crippen molar-refractivity contribution in [3.8, 4) is 0 Å². The highest BCUT2D eigenvalue weighted by atomic mass is 19.1. The second-order valence-corrected chi connectivity index (χ2v) is 3.66. The summed E-state index contributed by atoms with van der Waals surface area (Å²) in [5, 5.41) is 2.49. The Morgan fingerprint density at radius 3 is 2.67 bits per heavy atom. The molecule has 0 spiro atoms. The highest BCUT2D eigenvalue weighted by molar-refractivity contribution is 5.94. The summed E-state index contributed by atoms with van der Waals surface area (Å²) in [4.78, 5) is 11.4. The molecule has 0 fully saturated rings.